The van der Waals surface area contributed by atoms with Crippen molar-refractivity contribution in [2.45, 2.75) is 87.7 Å². The van der Waals surface area contributed by atoms with Gasteiger partial charge in [0.2, 0.25) is 0 Å². The number of nitrogens with one attached hydrogen (secondary N) is 1. The van der Waals surface area contributed by atoms with E-state index in [1.54, 1.807) is 0 Å². The maximum absolute atomic E-state index is 14.1. The molecular weight excluding hydrogens is 482 g/mol. The van der Waals surface area contributed by atoms with E-state index in [0.29, 0.717) is 40.5 Å². The van der Waals surface area contributed by atoms with Crippen LogP contribution in [-0.4, -0.2) is 22.9 Å². The van der Waals surface area contributed by atoms with E-state index in [4.69, 9.17) is 22.1 Å². The van der Waals surface area contributed by atoms with Crippen LogP contribution in [0, 0.1) is 34.5 Å². The van der Waals surface area contributed by atoms with Gasteiger partial charge in [0, 0.05) is 35.0 Å². The van der Waals surface area contributed by atoms with E-state index in [-0.39, 0.29) is 34.7 Å². The summed E-state index contributed by atoms with van der Waals surface area (Å²) in [6.45, 7) is 20.1. The largest absolute Gasteiger partial charge is 0.458 e. The predicted octanol–water partition coefficient (Wildman–Crippen LogP) is 8.65. The Morgan fingerprint density at radius 3 is 2.11 bits per heavy atom. The van der Waals surface area contributed by atoms with Crippen LogP contribution in [0.25, 0.3) is 11.1 Å². The molecule has 0 spiro atoms. The van der Waals surface area contributed by atoms with Gasteiger partial charge in [-0.3, -0.25) is 0 Å². The molecular formula is C31H46ClN3O2. The van der Waals surface area contributed by atoms with E-state index in [2.05, 4.69) is 72.3 Å². The Balaban J connectivity index is 2.09. The second kappa shape index (κ2) is 11.2. The third kappa shape index (κ3) is 7.19. The van der Waals surface area contributed by atoms with Crippen LogP contribution in [0.3, 0.4) is 0 Å². The van der Waals surface area contributed by atoms with Gasteiger partial charge < -0.3 is 15.5 Å². The first-order valence-electron chi connectivity index (χ1n) is 13.6. The maximum atomic E-state index is 14.1. The van der Waals surface area contributed by atoms with E-state index >= 15 is 0 Å². The van der Waals surface area contributed by atoms with Gasteiger partial charge in [0.1, 0.15) is 23.3 Å². The van der Waals surface area contributed by atoms with Gasteiger partial charge in [-0.05, 0) is 53.2 Å². The second-order valence-electron chi connectivity index (χ2n) is 13.5. The lowest BCUT2D eigenvalue weighted by atomic mass is 9.59. The zero-order valence-electron chi connectivity index (χ0n) is 24.1. The van der Waals surface area contributed by atoms with Crippen molar-refractivity contribution in [2.24, 2.45) is 45.2 Å². The first kappa shape index (κ1) is 29.3. The minimum absolute atomic E-state index is 0.00293. The van der Waals surface area contributed by atoms with Gasteiger partial charge in [-0.1, -0.05) is 86.0 Å². The van der Waals surface area contributed by atoms with Gasteiger partial charge in [0.05, 0.1) is 0 Å². The van der Waals surface area contributed by atoms with Crippen LogP contribution >= 0.6 is 11.6 Å². The number of hydrogen-bond acceptors (Lipinski definition) is 3. The van der Waals surface area contributed by atoms with Gasteiger partial charge in [0.25, 0.3) is 0 Å². The molecule has 37 heavy (non-hydrogen) atoms. The minimum Gasteiger partial charge on any atom is -0.458 e. The van der Waals surface area contributed by atoms with Crippen LogP contribution in [0.4, 0.5) is 5.82 Å². The summed E-state index contributed by atoms with van der Waals surface area (Å²) >= 11 is 6.14. The molecule has 0 radical (unpaired) electrons. The molecule has 1 fully saturated rings. The second-order valence-corrected chi connectivity index (χ2v) is 14.0. The summed E-state index contributed by atoms with van der Waals surface area (Å²) in [5.74, 6) is 2.01. The molecule has 0 amide bonds. The number of hydrogen-bond donors (Lipinski definition) is 2. The lowest BCUT2D eigenvalue weighted by Crippen LogP contribution is -2.49. The number of benzene rings is 1. The Bertz CT molecular complexity index is 1080. The van der Waals surface area contributed by atoms with Gasteiger partial charge in [-0.2, -0.15) is 0 Å². The van der Waals surface area contributed by atoms with Gasteiger partial charge in [0.15, 0.2) is 0 Å². The lowest BCUT2D eigenvalue weighted by molar-refractivity contribution is -0.0922. The lowest BCUT2D eigenvalue weighted by Gasteiger charge is -2.50. The number of nitrogens with zero attached hydrogens (tertiary/aromatic N) is 1. The molecule has 1 aromatic heterocycles. The van der Waals surface area contributed by atoms with Crippen LogP contribution in [0.15, 0.2) is 35.5 Å². The highest BCUT2D eigenvalue weighted by atomic mass is 35.5. The summed E-state index contributed by atoms with van der Waals surface area (Å²) in [6, 6.07) is 7.46. The fourth-order valence-electron chi connectivity index (χ4n) is 5.72. The molecule has 2 aromatic rings. The summed E-state index contributed by atoms with van der Waals surface area (Å²) in [4.78, 5) is 21.9. The van der Waals surface area contributed by atoms with Crippen molar-refractivity contribution in [1.29, 1.82) is 0 Å². The number of H-pyrrole nitrogens is 1. The van der Waals surface area contributed by atoms with Crippen molar-refractivity contribution in [3.05, 3.63) is 41.0 Å². The normalized spacial score (nSPS) is 23.4. The Kier molecular flexibility index (Phi) is 8.89. The third-order valence-electron chi connectivity index (χ3n) is 7.67. The fraction of sp³-hybridized carbons (Fsp3) is 0.613. The first-order valence-corrected chi connectivity index (χ1v) is 14.0. The molecule has 0 aliphatic heterocycles. The molecule has 1 aromatic carbocycles. The zero-order valence-corrected chi connectivity index (χ0v) is 24.9. The molecule has 3 rings (SSSR count). The topological polar surface area (TPSA) is 80.5 Å². The standard InChI is InChI=1S/C31H46ClN3O2/c1-18(2)14-25(33)35-28-26(22(17-34-28)20-10-12-21(32)13-11-20)29(36)37-27-23(30(4,5)6)15-19(3)16-24(27)31(7,8)9/h10-13,17-19,23-24,27,34H,14-16H2,1-9H3,(H2,33,35). The third-order valence-corrected chi connectivity index (χ3v) is 7.92. The van der Waals surface area contributed by atoms with E-state index < -0.39 is 0 Å². The van der Waals surface area contributed by atoms with E-state index in [1.165, 1.54) is 0 Å². The summed E-state index contributed by atoms with van der Waals surface area (Å²) < 4.78 is 6.56. The van der Waals surface area contributed by atoms with E-state index in [1.807, 2.05) is 30.5 Å². The molecule has 0 saturated heterocycles. The van der Waals surface area contributed by atoms with Gasteiger partial charge in [-0.25, -0.2) is 9.79 Å². The first-order chi connectivity index (χ1) is 17.1. The summed E-state index contributed by atoms with van der Waals surface area (Å²) in [7, 11) is 0. The molecule has 1 saturated carbocycles. The Hall–Kier alpha value is -2.27. The fourth-order valence-corrected chi connectivity index (χ4v) is 5.85. The van der Waals surface area contributed by atoms with E-state index in [9.17, 15) is 4.79 Å². The number of carbonyl (C=O) groups excluding carboxylic acids is 1. The number of esters is 1. The molecule has 5 nitrogen and oxygen atoms in total. The Morgan fingerprint density at radius 1 is 1.08 bits per heavy atom. The number of rotatable bonds is 6. The van der Waals surface area contributed by atoms with Crippen LogP contribution in [-0.2, 0) is 4.74 Å². The molecule has 2 unspecified atom stereocenters. The molecule has 0 bridgehead atoms. The van der Waals surface area contributed by atoms with Crippen molar-refractivity contribution in [3.63, 3.8) is 0 Å². The molecule has 6 heteroatoms. The van der Waals surface area contributed by atoms with Crippen molar-refractivity contribution in [3.8, 4) is 11.1 Å². The smallest absolute Gasteiger partial charge is 0.342 e. The van der Waals surface area contributed by atoms with Crippen LogP contribution in [0.5, 0.6) is 0 Å². The Labute approximate surface area is 228 Å². The number of aliphatic imine (C=N–C) groups is 1. The van der Waals surface area contributed by atoms with Crippen molar-refractivity contribution >= 4 is 29.2 Å². The number of ether oxygens (including phenoxy) is 1. The number of aromatic nitrogens is 1. The predicted molar refractivity (Wildman–Crippen MR) is 155 cm³/mol. The van der Waals surface area contributed by atoms with Crippen LogP contribution in [0.2, 0.25) is 5.02 Å². The number of carbonyl (C=O) groups is 1. The number of aromatic amines is 1. The number of halogens is 1. The molecule has 1 heterocycles. The average Bonchev–Trinajstić information content (AvgIpc) is 3.16. The molecule has 1 aliphatic rings. The highest BCUT2D eigenvalue weighted by molar-refractivity contribution is 6.30. The van der Waals surface area contributed by atoms with Gasteiger partial charge >= 0.3 is 5.97 Å². The van der Waals surface area contributed by atoms with Crippen molar-refractivity contribution in [1.82, 2.24) is 4.98 Å². The molecule has 3 N–H and O–H groups in total. The minimum atomic E-state index is -0.356. The molecule has 2 atom stereocenters. The van der Waals surface area contributed by atoms with Crippen LogP contribution < -0.4 is 5.73 Å². The van der Waals surface area contributed by atoms with Crippen molar-refractivity contribution < 1.29 is 9.53 Å². The van der Waals surface area contributed by atoms with E-state index in [0.717, 1.165) is 24.0 Å². The van der Waals surface area contributed by atoms with Crippen molar-refractivity contribution in [2.75, 3.05) is 0 Å². The highest BCUT2D eigenvalue weighted by Gasteiger charge is 2.48. The van der Waals surface area contributed by atoms with Crippen LogP contribution in [0.1, 0.15) is 91.9 Å². The number of nitrogens with two attached hydrogens (primary N) is 1. The zero-order chi connectivity index (χ0) is 27.7. The molecule has 1 aliphatic carbocycles. The van der Waals surface area contributed by atoms with Gasteiger partial charge in [-0.15, -0.1) is 0 Å². The average molecular weight is 528 g/mol. The summed E-state index contributed by atoms with van der Waals surface area (Å²) in [6.07, 6.45) is 4.34. The maximum Gasteiger partial charge on any atom is 0.342 e. The number of amidine groups is 1. The monoisotopic (exact) mass is 527 g/mol. The quantitative estimate of drug-likeness (QED) is 0.224. The Morgan fingerprint density at radius 2 is 1.62 bits per heavy atom. The highest BCUT2D eigenvalue weighted by Crippen LogP contribution is 2.50. The summed E-state index contributed by atoms with van der Waals surface area (Å²) in [5.41, 5.74) is 8.30. The molecule has 204 valence electrons. The summed E-state index contributed by atoms with van der Waals surface area (Å²) in [5, 5.41) is 0.639. The SMILES string of the molecule is CC(C)C/C(N)=N/c1[nH]cc(-c2ccc(Cl)cc2)c1C(=O)OC1C(C(C)(C)C)CC(C)CC1C(C)(C)C.